The van der Waals surface area contributed by atoms with Crippen molar-refractivity contribution in [3.05, 3.63) is 23.0 Å². The number of hydrogen-bond donors (Lipinski definition) is 1. The Kier molecular flexibility index (Phi) is 3.06. The maximum absolute atomic E-state index is 11.3. The quantitative estimate of drug-likeness (QED) is 0.752. The van der Waals surface area contributed by atoms with Crippen molar-refractivity contribution >= 4 is 21.6 Å². The highest BCUT2D eigenvalue weighted by atomic mass is 35.5. The molecule has 0 saturated carbocycles. The van der Waals surface area contributed by atoms with Crippen molar-refractivity contribution in [2.75, 3.05) is 7.05 Å². The average molecular weight is 232 g/mol. The molecule has 14 heavy (non-hydrogen) atoms. The number of pyridine rings is 1. The third-order valence-corrected chi connectivity index (χ3v) is 3.33. The van der Waals surface area contributed by atoms with Crippen LogP contribution >= 0.6 is 11.6 Å². The van der Waals surface area contributed by atoms with Crippen LogP contribution in [0.1, 0.15) is 5.69 Å². The summed E-state index contributed by atoms with van der Waals surface area (Å²) in [5, 5.41) is 8.27. The van der Waals surface area contributed by atoms with Gasteiger partial charge in [0, 0.05) is 0 Å². The molecule has 0 aliphatic rings. The Bertz CT molecular complexity index is 492. The van der Waals surface area contributed by atoms with E-state index in [0.29, 0.717) is 0 Å². The molecule has 0 atom stereocenters. The number of rotatable bonds is 2. The fourth-order valence-corrected chi connectivity index (χ4v) is 1.99. The minimum atomic E-state index is -3.61. The Hall–Kier alpha value is -1.16. The second kappa shape index (κ2) is 3.92. The third kappa shape index (κ3) is 2.01. The molecular formula is C7H6ClN3O2S. The van der Waals surface area contributed by atoms with Crippen LogP contribution in [0.4, 0.5) is 0 Å². The van der Waals surface area contributed by atoms with Crippen LogP contribution in [0.5, 0.6) is 0 Å². The summed E-state index contributed by atoms with van der Waals surface area (Å²) in [5.41, 5.74) is 0.0741. The molecule has 74 valence electrons. The van der Waals surface area contributed by atoms with Gasteiger partial charge in [-0.15, -0.1) is 0 Å². The molecule has 0 saturated heterocycles. The summed E-state index contributed by atoms with van der Waals surface area (Å²) in [7, 11) is -2.34. The van der Waals surface area contributed by atoms with Crippen LogP contribution in [0.25, 0.3) is 0 Å². The SMILES string of the molecule is CNS(=O)(=O)c1ccc(C#N)nc1Cl. The van der Waals surface area contributed by atoms with E-state index in [1.165, 1.54) is 19.2 Å². The van der Waals surface area contributed by atoms with Crippen molar-refractivity contribution in [1.29, 1.82) is 5.26 Å². The van der Waals surface area contributed by atoms with E-state index in [2.05, 4.69) is 9.71 Å². The standard InChI is InChI=1S/C7H6ClN3O2S/c1-10-14(12,13)6-3-2-5(4-9)11-7(6)8/h2-3,10H,1H3. The summed E-state index contributed by atoms with van der Waals surface area (Å²) in [6, 6.07) is 4.28. The van der Waals surface area contributed by atoms with Crippen LogP contribution in [0.3, 0.4) is 0 Å². The zero-order chi connectivity index (χ0) is 10.8. The van der Waals surface area contributed by atoms with Gasteiger partial charge in [-0.25, -0.2) is 18.1 Å². The number of nitrogens with zero attached hydrogens (tertiary/aromatic N) is 2. The van der Waals surface area contributed by atoms with E-state index in [9.17, 15) is 8.42 Å². The van der Waals surface area contributed by atoms with Gasteiger partial charge in [0.2, 0.25) is 10.0 Å². The van der Waals surface area contributed by atoms with Crippen molar-refractivity contribution in [2.45, 2.75) is 4.90 Å². The molecule has 1 N–H and O–H groups in total. The summed E-state index contributed by atoms with van der Waals surface area (Å²) in [6.07, 6.45) is 0. The van der Waals surface area contributed by atoms with E-state index in [1.54, 1.807) is 6.07 Å². The smallest absolute Gasteiger partial charge is 0.224 e. The van der Waals surface area contributed by atoms with Gasteiger partial charge in [-0.2, -0.15) is 5.26 Å². The van der Waals surface area contributed by atoms with Gasteiger partial charge in [-0.3, -0.25) is 0 Å². The molecule has 0 fully saturated rings. The predicted molar refractivity (Wildman–Crippen MR) is 50.2 cm³/mol. The second-order valence-electron chi connectivity index (χ2n) is 2.30. The minimum absolute atomic E-state index is 0.0741. The Morgan fingerprint density at radius 1 is 1.57 bits per heavy atom. The Morgan fingerprint density at radius 2 is 2.21 bits per heavy atom. The third-order valence-electron chi connectivity index (χ3n) is 1.49. The molecule has 1 heterocycles. The van der Waals surface area contributed by atoms with Gasteiger partial charge in [0.1, 0.15) is 16.7 Å². The van der Waals surface area contributed by atoms with Crippen LogP contribution in [0.15, 0.2) is 17.0 Å². The molecule has 0 aromatic carbocycles. The lowest BCUT2D eigenvalue weighted by Crippen LogP contribution is -2.19. The van der Waals surface area contributed by atoms with Gasteiger partial charge in [-0.05, 0) is 19.2 Å². The lowest BCUT2D eigenvalue weighted by Gasteiger charge is -2.03. The highest BCUT2D eigenvalue weighted by Crippen LogP contribution is 2.18. The fourth-order valence-electron chi connectivity index (χ4n) is 0.794. The van der Waals surface area contributed by atoms with Gasteiger partial charge in [-0.1, -0.05) is 11.6 Å². The Labute approximate surface area is 86.4 Å². The molecule has 0 spiro atoms. The first kappa shape index (κ1) is 10.9. The maximum atomic E-state index is 11.3. The number of hydrogen-bond acceptors (Lipinski definition) is 4. The first-order valence-electron chi connectivity index (χ1n) is 3.51. The zero-order valence-electron chi connectivity index (χ0n) is 7.15. The van der Waals surface area contributed by atoms with Crippen molar-refractivity contribution in [3.8, 4) is 6.07 Å². The second-order valence-corrected chi connectivity index (χ2v) is 4.52. The van der Waals surface area contributed by atoms with E-state index in [0.717, 1.165) is 0 Å². The monoisotopic (exact) mass is 231 g/mol. The molecule has 0 radical (unpaired) electrons. The van der Waals surface area contributed by atoms with Crippen LogP contribution in [-0.2, 0) is 10.0 Å². The topological polar surface area (TPSA) is 82.9 Å². The maximum Gasteiger partial charge on any atom is 0.243 e. The van der Waals surface area contributed by atoms with E-state index in [1.807, 2.05) is 0 Å². The molecule has 1 aromatic heterocycles. The summed E-state index contributed by atoms with van der Waals surface area (Å²) in [5.74, 6) is 0. The normalized spacial score (nSPS) is 10.9. The van der Waals surface area contributed by atoms with Gasteiger partial charge in [0.05, 0.1) is 0 Å². The van der Waals surface area contributed by atoms with Crippen molar-refractivity contribution in [1.82, 2.24) is 9.71 Å². The van der Waals surface area contributed by atoms with Gasteiger partial charge >= 0.3 is 0 Å². The van der Waals surface area contributed by atoms with Crippen LogP contribution < -0.4 is 4.72 Å². The van der Waals surface area contributed by atoms with E-state index in [4.69, 9.17) is 16.9 Å². The molecule has 1 rings (SSSR count). The number of sulfonamides is 1. The van der Waals surface area contributed by atoms with Crippen LogP contribution in [0.2, 0.25) is 5.15 Å². The van der Waals surface area contributed by atoms with E-state index >= 15 is 0 Å². The molecule has 0 aliphatic carbocycles. The predicted octanol–water partition coefficient (Wildman–Crippen LogP) is 0.515. The lowest BCUT2D eigenvalue weighted by atomic mass is 10.4. The fraction of sp³-hybridized carbons (Fsp3) is 0.143. The Balaban J connectivity index is 3.35. The van der Waals surface area contributed by atoms with Gasteiger partial charge in [0.15, 0.2) is 5.15 Å². The van der Waals surface area contributed by atoms with Crippen LogP contribution in [0, 0.1) is 11.3 Å². The number of aromatic nitrogens is 1. The summed E-state index contributed by atoms with van der Waals surface area (Å²) < 4.78 is 24.7. The average Bonchev–Trinajstić information content (AvgIpc) is 2.17. The summed E-state index contributed by atoms with van der Waals surface area (Å²) >= 11 is 5.59. The molecular weight excluding hydrogens is 226 g/mol. The summed E-state index contributed by atoms with van der Waals surface area (Å²) in [4.78, 5) is 3.45. The lowest BCUT2D eigenvalue weighted by molar-refractivity contribution is 0.588. The first-order valence-corrected chi connectivity index (χ1v) is 5.37. The molecule has 7 heteroatoms. The zero-order valence-corrected chi connectivity index (χ0v) is 8.72. The highest BCUT2D eigenvalue weighted by Gasteiger charge is 2.16. The van der Waals surface area contributed by atoms with Gasteiger partial charge in [0.25, 0.3) is 0 Å². The summed E-state index contributed by atoms with van der Waals surface area (Å²) in [6.45, 7) is 0. The first-order chi connectivity index (χ1) is 6.51. The molecule has 0 unspecified atom stereocenters. The molecule has 0 bridgehead atoms. The van der Waals surface area contributed by atoms with Crippen LogP contribution in [-0.4, -0.2) is 20.4 Å². The number of halogens is 1. The van der Waals surface area contributed by atoms with Crippen molar-refractivity contribution in [3.63, 3.8) is 0 Å². The minimum Gasteiger partial charge on any atom is -0.224 e. The van der Waals surface area contributed by atoms with Crippen molar-refractivity contribution < 1.29 is 8.42 Å². The molecule has 5 nitrogen and oxygen atoms in total. The van der Waals surface area contributed by atoms with Crippen molar-refractivity contribution in [2.24, 2.45) is 0 Å². The Morgan fingerprint density at radius 3 is 2.64 bits per heavy atom. The number of nitriles is 1. The van der Waals surface area contributed by atoms with Gasteiger partial charge < -0.3 is 0 Å². The molecule has 0 amide bonds. The van der Waals surface area contributed by atoms with E-state index in [-0.39, 0.29) is 15.7 Å². The molecule has 1 aromatic rings. The number of nitrogens with one attached hydrogen (secondary N) is 1. The van der Waals surface area contributed by atoms with E-state index < -0.39 is 10.0 Å². The highest BCUT2D eigenvalue weighted by molar-refractivity contribution is 7.89. The molecule has 0 aliphatic heterocycles. The largest absolute Gasteiger partial charge is 0.243 e.